The summed E-state index contributed by atoms with van der Waals surface area (Å²) in [6.07, 6.45) is 21.4. The Balaban J connectivity index is 0.000000143. The predicted octanol–water partition coefficient (Wildman–Crippen LogP) is 21.2. The van der Waals surface area contributed by atoms with Gasteiger partial charge in [-0.25, -0.2) is 44.3 Å². The van der Waals surface area contributed by atoms with Crippen molar-refractivity contribution >= 4 is 138 Å². The van der Waals surface area contributed by atoms with Crippen molar-refractivity contribution in [1.82, 2.24) is 63.6 Å². The summed E-state index contributed by atoms with van der Waals surface area (Å²) in [5.74, 6) is -1.76. The Bertz CT molecular complexity index is 5330. The Morgan fingerprint density at radius 1 is 0.394 bits per heavy atom. The minimum absolute atomic E-state index is 0.112. The summed E-state index contributed by atoms with van der Waals surface area (Å²) in [5.41, 5.74) is 13.9. The van der Waals surface area contributed by atoms with Crippen LogP contribution in [0.15, 0.2) is 247 Å². The van der Waals surface area contributed by atoms with Crippen molar-refractivity contribution in [2.24, 2.45) is 0 Å². The summed E-state index contributed by atoms with van der Waals surface area (Å²) in [7, 11) is -3.58. The number of amides is 1. The number of carbonyl (C=O) groups excluding carboxylic acids is 3. The smallest absolute Gasteiger partial charge is 0.340 e. The summed E-state index contributed by atoms with van der Waals surface area (Å²) in [6.45, 7) is 29.4. The molecule has 0 aliphatic rings. The van der Waals surface area contributed by atoms with E-state index in [2.05, 4.69) is 199 Å². The van der Waals surface area contributed by atoms with Gasteiger partial charge in [0.2, 0.25) is 0 Å². The van der Waals surface area contributed by atoms with E-state index < -0.39 is 22.4 Å². The van der Waals surface area contributed by atoms with Crippen LogP contribution in [-0.2, 0) is 29.2 Å². The second-order valence-electron chi connectivity index (χ2n) is 28.4. The van der Waals surface area contributed by atoms with E-state index in [1.807, 2.05) is 146 Å². The molecule has 562 valence electrons. The van der Waals surface area contributed by atoms with Crippen molar-refractivity contribution in [3.8, 4) is 0 Å². The Kier molecular flexibility index (Phi) is 27.6. The maximum atomic E-state index is 12.5. The van der Waals surface area contributed by atoms with E-state index in [4.69, 9.17) is 24.5 Å². The van der Waals surface area contributed by atoms with Crippen LogP contribution in [0.4, 0.5) is 0 Å². The number of H-pyrrole nitrogens is 4. The average Bonchev–Trinajstić information content (AvgIpc) is 1.66. The molecule has 0 atom stereocenters. The molecule has 0 aliphatic carbocycles. The van der Waals surface area contributed by atoms with Crippen LogP contribution in [0.5, 0.6) is 0 Å². The molecule has 0 unspecified atom stereocenters. The number of nitrogens with zero attached hydrogens (tertiary/aromatic N) is 8. The third-order valence-corrected chi connectivity index (χ3v) is 34.0. The first kappa shape index (κ1) is 80.6. The van der Waals surface area contributed by atoms with Crippen LogP contribution in [0.1, 0.15) is 141 Å². The largest absolute Gasteiger partial charge is 0.478 e. The zero-order chi connectivity index (χ0) is 77.9. The number of ether oxygens (including phenoxy) is 2. The van der Waals surface area contributed by atoms with Gasteiger partial charge in [-0.1, -0.05) is 174 Å². The number of carboxylic acids is 1. The van der Waals surface area contributed by atoms with E-state index >= 15 is 0 Å². The summed E-state index contributed by atoms with van der Waals surface area (Å²) in [6, 6.07) is 52.3. The lowest BCUT2D eigenvalue weighted by Crippen LogP contribution is -2.51. The number of fused-ring (bicyclic) bond motifs is 6. The van der Waals surface area contributed by atoms with Crippen molar-refractivity contribution < 1.29 is 33.8 Å². The fraction of sp³-hybridized carbons (Fsp3) is 0.247. The maximum Gasteiger partial charge on any atom is 0.340 e. The number of esters is 2. The summed E-state index contributed by atoms with van der Waals surface area (Å²) >= 11 is 6.86. The minimum Gasteiger partial charge on any atom is -0.478 e. The second-order valence-corrected chi connectivity index (χ2v) is 41.6. The molecule has 0 aliphatic heterocycles. The van der Waals surface area contributed by atoms with Crippen LogP contribution in [-0.4, -0.2) is 104 Å². The highest BCUT2D eigenvalue weighted by Gasteiger charge is 2.47. The molecule has 6 N–H and O–H groups in total. The number of carbonyl (C=O) groups is 4. The molecule has 0 fully saturated rings. The van der Waals surface area contributed by atoms with E-state index in [0.717, 1.165) is 80.8 Å². The Hall–Kier alpha value is -10.9. The second kappa shape index (κ2) is 37.3. The van der Waals surface area contributed by atoms with E-state index in [0.29, 0.717) is 62.1 Å². The summed E-state index contributed by atoms with van der Waals surface area (Å²) in [4.78, 5) is 84.7. The van der Waals surface area contributed by atoms with E-state index in [1.54, 1.807) is 49.2 Å². The van der Waals surface area contributed by atoms with E-state index in [-0.39, 0.29) is 36.6 Å². The molecule has 0 saturated heterocycles. The number of hydrogen-bond acceptors (Lipinski definition) is 12. The van der Waals surface area contributed by atoms with Gasteiger partial charge < -0.3 is 48.3 Å². The molecule has 0 spiro atoms. The maximum absolute atomic E-state index is 12.5. The van der Waals surface area contributed by atoms with Crippen LogP contribution >= 0.6 is 31.9 Å². The van der Waals surface area contributed by atoms with Crippen molar-refractivity contribution in [2.45, 2.75) is 136 Å². The monoisotopic (exact) mass is 1620 g/mol. The molecule has 24 heteroatoms. The lowest BCUT2D eigenvalue weighted by Gasteiger charge is -2.44. The highest BCUT2D eigenvalue weighted by atomic mass is 79.9. The lowest BCUT2D eigenvalue weighted by molar-refractivity contribution is 0.0463. The molecule has 3 aromatic carbocycles. The molecular weight excluding hydrogens is 1530 g/mol. The number of halogens is 2. The highest BCUT2D eigenvalue weighted by molar-refractivity contribution is 9.10. The number of benzene rings is 3. The fourth-order valence-corrected chi connectivity index (χ4v) is 28.8. The minimum atomic E-state index is -1.88. The number of carboxylic acid groups (broad SMARTS) is 1. The van der Waals surface area contributed by atoms with Crippen LogP contribution in [0, 0.1) is 0 Å². The first-order chi connectivity index (χ1) is 52.4. The van der Waals surface area contributed by atoms with Gasteiger partial charge in [0, 0.05) is 110 Å². The zero-order valence-corrected chi connectivity index (χ0v) is 68.5. The van der Waals surface area contributed by atoms with Crippen molar-refractivity contribution in [3.63, 3.8) is 0 Å². The van der Waals surface area contributed by atoms with Gasteiger partial charge in [-0.05, 0) is 167 Å². The van der Waals surface area contributed by atoms with Gasteiger partial charge in [0.25, 0.3) is 5.91 Å². The number of aromatic amines is 4. The van der Waals surface area contributed by atoms with Gasteiger partial charge in [-0.2, -0.15) is 0 Å². The Morgan fingerprint density at radius 3 is 1.12 bits per heavy atom. The lowest BCUT2D eigenvalue weighted by atomic mass is 10.2. The quantitative estimate of drug-likeness (QED) is 0.0345. The number of rotatable bonds is 18. The van der Waals surface area contributed by atoms with Gasteiger partial charge in [0.15, 0.2) is 16.5 Å². The molecule has 15 aromatic rings. The molecule has 0 bridgehead atoms. The SMILES string of the molecule is Brc1cnc2[nH]ccc2c1.CC(C)[Si](C(C)C)(C(C)C)n1ccc2cc(Br)cnc21.CC(C)[Si](C(C)C)(C(C)C)n1ccc2cc(C(=O)OCc3ccccc3)cnc21.O=C(NCc1ccccc1)c1cnc2[nH]ccc2c1.O=C(O)c1cnc2[nH]ccc2c1.O=C(OCc1ccccc1)c1cnc2[nH]ccc2c1. The number of aromatic nitrogens is 12. The van der Waals surface area contributed by atoms with E-state index in [9.17, 15) is 19.2 Å². The topological polar surface area (TPSA) is 269 Å². The number of hydrogen-bond donors (Lipinski definition) is 6. The Morgan fingerprint density at radius 2 is 0.706 bits per heavy atom. The van der Waals surface area contributed by atoms with Gasteiger partial charge in [-0.15, -0.1) is 0 Å². The first-order valence-corrected chi connectivity index (χ1v) is 42.3. The molecule has 0 radical (unpaired) electrons. The molecule has 1 amide bonds. The van der Waals surface area contributed by atoms with E-state index in [1.165, 1.54) is 17.8 Å². The van der Waals surface area contributed by atoms with Gasteiger partial charge in [0.1, 0.15) is 47.1 Å². The molecule has 12 heterocycles. The number of aromatic carboxylic acids is 1. The third-order valence-electron chi connectivity index (χ3n) is 19.7. The number of nitrogens with one attached hydrogen (secondary N) is 5. The van der Waals surface area contributed by atoms with Crippen molar-refractivity contribution in [3.05, 3.63) is 286 Å². The standard InChI is InChI=1S/C24H32N2O2Si.C16H25BrN2Si.C15H13N3O.C15H12N2O2.C8H6N2O2.C7H5BrN2/c1-17(2)29(18(3)4,19(5)6)26-13-12-21-14-22(15-25-23(21)26)24(27)28-16-20-10-8-7-9-11-20;1-11(2)20(12(3)4,13(5)6)19-8-7-14-9-15(17)10-18-16(14)19;19-15(18-9-11-4-2-1-3-5-11)13-8-12-6-7-16-14(12)17-10-13;18-15(19-10-11-4-2-1-3-5-11)13-8-12-6-7-16-14(12)17-9-13;11-8(12)6-3-5-1-2-9-7(5)10-4-6;8-6-3-5-1-2-9-7(5)10-4-6/h7-15,17-19H,16H2,1-6H3;7-13H,1-6H3;1-8,10H,9H2,(H,16,17)(H,18,19);1-9H,10H2,(H,16,17);1-4H,(H,9,10)(H,11,12);1-4H,(H,9,10). The first-order valence-electron chi connectivity index (χ1n) is 36.3. The molecule has 15 rings (SSSR count). The summed E-state index contributed by atoms with van der Waals surface area (Å²) in [5, 5.41) is 17.5. The fourth-order valence-electron chi connectivity index (χ4n) is 15.0. The molecule has 109 heavy (non-hydrogen) atoms. The van der Waals surface area contributed by atoms with Gasteiger partial charge in [-0.3, -0.25) is 4.79 Å². The molecular formula is C85H93Br2N13O7Si2. The third kappa shape index (κ3) is 19.5. The van der Waals surface area contributed by atoms with Crippen LogP contribution in [0.2, 0.25) is 33.2 Å². The van der Waals surface area contributed by atoms with Gasteiger partial charge in [0.05, 0.1) is 22.3 Å². The number of pyridine rings is 6. The van der Waals surface area contributed by atoms with Gasteiger partial charge >= 0.3 is 17.9 Å². The molecule has 0 saturated carbocycles. The normalized spacial score (nSPS) is 11.4. The summed E-state index contributed by atoms with van der Waals surface area (Å²) < 4.78 is 17.8. The average molecular weight is 1620 g/mol. The van der Waals surface area contributed by atoms with Crippen LogP contribution < -0.4 is 5.32 Å². The van der Waals surface area contributed by atoms with Crippen LogP contribution in [0.3, 0.4) is 0 Å². The zero-order valence-electron chi connectivity index (χ0n) is 63.3. The van der Waals surface area contributed by atoms with Crippen molar-refractivity contribution in [2.75, 3.05) is 0 Å². The molecule has 20 nitrogen and oxygen atoms in total. The highest BCUT2D eigenvalue weighted by Crippen LogP contribution is 2.45. The van der Waals surface area contributed by atoms with Crippen molar-refractivity contribution in [1.29, 1.82) is 0 Å². The molecule has 12 aromatic heterocycles. The predicted molar refractivity (Wildman–Crippen MR) is 448 cm³/mol. The van der Waals surface area contributed by atoms with Crippen LogP contribution in [0.25, 0.3) is 66.2 Å². The Labute approximate surface area is 653 Å².